The molecule has 9 heteroatoms. The zero-order valence-electron chi connectivity index (χ0n) is 10.2. The summed E-state index contributed by atoms with van der Waals surface area (Å²) in [6.07, 6.45) is 0. The number of nitro groups is 1. The fourth-order valence-corrected chi connectivity index (χ4v) is 1.65. The number of aromatic nitrogens is 2. The highest BCUT2D eigenvalue weighted by Gasteiger charge is 2.19. The molecule has 0 aliphatic rings. The van der Waals surface area contributed by atoms with Crippen LogP contribution in [0.15, 0.2) is 22.6 Å². The molecule has 0 aliphatic heterocycles. The third-order valence-electron chi connectivity index (χ3n) is 2.22. The van der Waals surface area contributed by atoms with Gasteiger partial charge in [-0.3, -0.25) is 10.1 Å². The van der Waals surface area contributed by atoms with E-state index < -0.39 is 10.9 Å². The largest absolute Gasteiger partial charge is 0.459 e. The standard InChI is InChI=1S/C11H8ClN3O5/c1-2-19-11(16)10-14-13-9(20-10)6-3-7(12)5-8(4-6)15(17)18/h3-5H,2H2,1H3. The maximum atomic E-state index is 11.4. The van der Waals surface area contributed by atoms with Crippen LogP contribution in [0, 0.1) is 10.1 Å². The van der Waals surface area contributed by atoms with E-state index in [0.29, 0.717) is 0 Å². The smallest absolute Gasteiger partial charge is 0.396 e. The van der Waals surface area contributed by atoms with Crippen molar-refractivity contribution in [3.8, 4) is 11.5 Å². The van der Waals surface area contributed by atoms with Crippen LogP contribution in [0.25, 0.3) is 11.5 Å². The van der Waals surface area contributed by atoms with Gasteiger partial charge in [0.25, 0.3) is 5.69 Å². The zero-order chi connectivity index (χ0) is 14.7. The Balaban J connectivity index is 2.37. The number of rotatable bonds is 4. The van der Waals surface area contributed by atoms with Crippen molar-refractivity contribution in [1.29, 1.82) is 0 Å². The van der Waals surface area contributed by atoms with Crippen LogP contribution in [0.3, 0.4) is 0 Å². The Labute approximate surface area is 117 Å². The monoisotopic (exact) mass is 297 g/mol. The minimum absolute atomic E-state index is 0.0568. The lowest BCUT2D eigenvalue weighted by Gasteiger charge is -1.97. The van der Waals surface area contributed by atoms with Gasteiger partial charge in [0.1, 0.15) is 0 Å². The molecule has 0 unspecified atom stereocenters. The first kappa shape index (κ1) is 13.9. The Morgan fingerprint density at radius 1 is 1.45 bits per heavy atom. The van der Waals surface area contributed by atoms with Crippen molar-refractivity contribution in [2.45, 2.75) is 6.92 Å². The maximum Gasteiger partial charge on any atom is 0.396 e. The molecule has 104 valence electrons. The van der Waals surface area contributed by atoms with Crippen molar-refractivity contribution in [3.63, 3.8) is 0 Å². The summed E-state index contributed by atoms with van der Waals surface area (Å²) in [5.74, 6) is -1.15. The lowest BCUT2D eigenvalue weighted by atomic mass is 10.2. The summed E-state index contributed by atoms with van der Waals surface area (Å²) in [7, 11) is 0. The molecule has 1 aromatic carbocycles. The van der Waals surface area contributed by atoms with Crippen molar-refractivity contribution in [1.82, 2.24) is 10.2 Å². The van der Waals surface area contributed by atoms with Crippen molar-refractivity contribution in [3.05, 3.63) is 39.2 Å². The number of hydrogen-bond acceptors (Lipinski definition) is 7. The molecular formula is C11H8ClN3O5. The predicted molar refractivity (Wildman–Crippen MR) is 67.4 cm³/mol. The fraction of sp³-hybridized carbons (Fsp3) is 0.182. The molecule has 0 radical (unpaired) electrons. The van der Waals surface area contributed by atoms with Crippen LogP contribution in [0.1, 0.15) is 17.6 Å². The Morgan fingerprint density at radius 3 is 2.85 bits per heavy atom. The van der Waals surface area contributed by atoms with E-state index in [1.165, 1.54) is 18.2 Å². The molecule has 2 rings (SSSR count). The van der Waals surface area contributed by atoms with Crippen LogP contribution in [-0.2, 0) is 4.74 Å². The maximum absolute atomic E-state index is 11.4. The summed E-state index contributed by atoms with van der Waals surface area (Å²) in [4.78, 5) is 21.5. The van der Waals surface area contributed by atoms with E-state index in [4.69, 9.17) is 20.8 Å². The minimum atomic E-state index is -0.761. The van der Waals surface area contributed by atoms with Crippen molar-refractivity contribution >= 4 is 23.3 Å². The second kappa shape index (κ2) is 5.66. The first-order valence-corrected chi connectivity index (χ1v) is 5.85. The van der Waals surface area contributed by atoms with Gasteiger partial charge in [0.15, 0.2) is 0 Å². The highest BCUT2D eigenvalue weighted by atomic mass is 35.5. The van der Waals surface area contributed by atoms with Crippen molar-refractivity contribution < 1.29 is 18.9 Å². The first-order valence-electron chi connectivity index (χ1n) is 5.47. The molecule has 0 fully saturated rings. The number of nitrogens with zero attached hydrogens (tertiary/aromatic N) is 3. The molecule has 0 atom stereocenters. The van der Waals surface area contributed by atoms with Gasteiger partial charge < -0.3 is 9.15 Å². The highest BCUT2D eigenvalue weighted by Crippen LogP contribution is 2.27. The van der Waals surface area contributed by atoms with E-state index in [2.05, 4.69) is 10.2 Å². The van der Waals surface area contributed by atoms with Crippen molar-refractivity contribution in [2.24, 2.45) is 0 Å². The van der Waals surface area contributed by atoms with Gasteiger partial charge in [-0.1, -0.05) is 11.6 Å². The molecule has 0 bridgehead atoms. The molecule has 8 nitrogen and oxygen atoms in total. The van der Waals surface area contributed by atoms with E-state index in [9.17, 15) is 14.9 Å². The number of hydrogen-bond donors (Lipinski definition) is 0. The number of nitro benzene ring substituents is 1. The summed E-state index contributed by atoms with van der Waals surface area (Å²) in [5, 5.41) is 18.0. The fourth-order valence-electron chi connectivity index (χ4n) is 1.42. The molecule has 1 aromatic heterocycles. The quantitative estimate of drug-likeness (QED) is 0.484. The van der Waals surface area contributed by atoms with Crippen LogP contribution in [-0.4, -0.2) is 27.7 Å². The number of carbonyl (C=O) groups excluding carboxylic acids is 1. The van der Waals surface area contributed by atoms with E-state index in [-0.39, 0.29) is 34.7 Å². The molecule has 0 N–H and O–H groups in total. The normalized spacial score (nSPS) is 10.3. The molecule has 2 aromatic rings. The summed E-state index contributed by atoms with van der Waals surface area (Å²) in [6.45, 7) is 1.80. The van der Waals surface area contributed by atoms with E-state index in [0.717, 1.165) is 0 Å². The Bertz CT molecular complexity index is 670. The molecule has 0 spiro atoms. The number of ether oxygens (including phenoxy) is 1. The van der Waals surface area contributed by atoms with Crippen LogP contribution in [0.5, 0.6) is 0 Å². The van der Waals surface area contributed by atoms with Gasteiger partial charge in [0.2, 0.25) is 5.89 Å². The second-order valence-corrected chi connectivity index (χ2v) is 4.02. The number of carbonyl (C=O) groups is 1. The van der Waals surface area contributed by atoms with Gasteiger partial charge in [-0.2, -0.15) is 0 Å². The molecule has 1 heterocycles. The van der Waals surface area contributed by atoms with Crippen molar-refractivity contribution in [2.75, 3.05) is 6.61 Å². The molecule has 20 heavy (non-hydrogen) atoms. The van der Waals surface area contributed by atoms with Gasteiger partial charge >= 0.3 is 11.9 Å². The minimum Gasteiger partial charge on any atom is -0.459 e. The predicted octanol–water partition coefficient (Wildman–Crippen LogP) is 2.47. The lowest BCUT2D eigenvalue weighted by Crippen LogP contribution is -2.04. The number of halogens is 1. The Hall–Kier alpha value is -2.48. The number of esters is 1. The Kier molecular flexibility index (Phi) is 3.94. The molecule has 0 saturated carbocycles. The summed E-state index contributed by atoms with van der Waals surface area (Å²) in [6, 6.07) is 3.82. The van der Waals surface area contributed by atoms with E-state index in [1.807, 2.05) is 0 Å². The van der Waals surface area contributed by atoms with Gasteiger partial charge in [-0.15, -0.1) is 10.2 Å². The summed E-state index contributed by atoms with van der Waals surface area (Å²) in [5.41, 5.74) is 0.0237. The zero-order valence-corrected chi connectivity index (χ0v) is 11.0. The van der Waals surface area contributed by atoms with Crippen LogP contribution in [0.4, 0.5) is 5.69 Å². The van der Waals surface area contributed by atoms with E-state index >= 15 is 0 Å². The topological polar surface area (TPSA) is 108 Å². The van der Waals surface area contributed by atoms with Crippen LogP contribution >= 0.6 is 11.6 Å². The average Bonchev–Trinajstić information content (AvgIpc) is 2.88. The van der Waals surface area contributed by atoms with Crippen LogP contribution in [0.2, 0.25) is 5.02 Å². The summed E-state index contributed by atoms with van der Waals surface area (Å²) < 4.78 is 9.79. The molecule has 0 amide bonds. The number of non-ortho nitro benzene ring substituents is 1. The van der Waals surface area contributed by atoms with Gasteiger partial charge in [0, 0.05) is 22.7 Å². The summed E-state index contributed by atoms with van der Waals surface area (Å²) >= 11 is 5.78. The SMILES string of the molecule is CCOC(=O)c1nnc(-c2cc(Cl)cc([N+](=O)[O-])c2)o1. The van der Waals surface area contributed by atoms with Gasteiger partial charge in [0.05, 0.1) is 11.5 Å². The van der Waals surface area contributed by atoms with Gasteiger partial charge in [-0.05, 0) is 13.0 Å². The van der Waals surface area contributed by atoms with Crippen LogP contribution < -0.4 is 0 Å². The highest BCUT2D eigenvalue weighted by molar-refractivity contribution is 6.31. The third kappa shape index (κ3) is 2.91. The average molecular weight is 298 g/mol. The van der Waals surface area contributed by atoms with E-state index in [1.54, 1.807) is 6.92 Å². The lowest BCUT2D eigenvalue weighted by molar-refractivity contribution is -0.384. The third-order valence-corrected chi connectivity index (χ3v) is 2.43. The second-order valence-electron chi connectivity index (χ2n) is 3.59. The Morgan fingerprint density at radius 2 is 2.20 bits per heavy atom. The molecule has 0 aliphatic carbocycles. The van der Waals surface area contributed by atoms with Gasteiger partial charge in [-0.25, -0.2) is 4.79 Å². The number of benzene rings is 1. The molecule has 0 saturated heterocycles. The first-order chi connectivity index (χ1) is 9.51. The molecular weight excluding hydrogens is 290 g/mol.